The molecular formula is C18H24N2O3. The number of carbonyl (C=O) groups is 2. The Morgan fingerprint density at radius 3 is 2.78 bits per heavy atom. The lowest BCUT2D eigenvalue weighted by Crippen LogP contribution is -2.45. The Balaban J connectivity index is 1.70. The highest BCUT2D eigenvalue weighted by Gasteiger charge is 2.38. The minimum atomic E-state index is -0.535. The van der Waals surface area contributed by atoms with Crippen molar-refractivity contribution in [3.05, 3.63) is 35.8 Å². The van der Waals surface area contributed by atoms with Crippen LogP contribution in [-0.2, 0) is 4.79 Å². The number of Topliss-reactive ketones (excluding diaryl/α,β-unsaturated/α-hetero) is 1. The van der Waals surface area contributed by atoms with E-state index in [1.807, 2.05) is 0 Å². The van der Waals surface area contributed by atoms with Crippen LogP contribution in [0.15, 0.2) is 34.5 Å². The smallest absolute Gasteiger partial charge is 0.298 e. The zero-order valence-electron chi connectivity index (χ0n) is 13.8. The number of hydrogen-bond donors (Lipinski definition) is 0. The van der Waals surface area contributed by atoms with Crippen molar-refractivity contribution in [3.63, 3.8) is 0 Å². The third-order valence-electron chi connectivity index (χ3n) is 4.79. The fourth-order valence-corrected chi connectivity index (χ4v) is 3.53. The van der Waals surface area contributed by atoms with E-state index in [1.165, 1.54) is 11.8 Å². The van der Waals surface area contributed by atoms with Gasteiger partial charge in [0.1, 0.15) is 0 Å². The zero-order chi connectivity index (χ0) is 16.4. The van der Waals surface area contributed by atoms with Gasteiger partial charge in [-0.3, -0.25) is 14.5 Å². The van der Waals surface area contributed by atoms with Gasteiger partial charge in [0.05, 0.1) is 6.26 Å². The van der Waals surface area contributed by atoms with Crippen LogP contribution in [0.25, 0.3) is 0 Å². The molecule has 1 aromatic rings. The number of amides is 1. The van der Waals surface area contributed by atoms with Gasteiger partial charge in [-0.15, -0.1) is 0 Å². The number of allylic oxidation sites excluding steroid dienone is 1. The van der Waals surface area contributed by atoms with Crippen molar-refractivity contribution in [2.24, 2.45) is 5.92 Å². The Labute approximate surface area is 136 Å². The summed E-state index contributed by atoms with van der Waals surface area (Å²) in [6.45, 7) is 7.46. The predicted octanol–water partition coefficient (Wildman–Crippen LogP) is 2.35. The van der Waals surface area contributed by atoms with Gasteiger partial charge in [0.2, 0.25) is 0 Å². The maximum atomic E-state index is 12.5. The highest BCUT2D eigenvalue weighted by atomic mass is 16.3. The molecule has 124 valence electrons. The van der Waals surface area contributed by atoms with Crippen LogP contribution in [0.4, 0.5) is 0 Å². The molecule has 0 saturated carbocycles. The van der Waals surface area contributed by atoms with E-state index < -0.39 is 11.7 Å². The molecule has 0 N–H and O–H groups in total. The summed E-state index contributed by atoms with van der Waals surface area (Å²) in [7, 11) is 0. The third kappa shape index (κ3) is 3.55. The van der Waals surface area contributed by atoms with E-state index >= 15 is 0 Å². The number of hydrogen-bond acceptors (Lipinski definition) is 4. The van der Waals surface area contributed by atoms with Crippen molar-refractivity contribution < 1.29 is 14.0 Å². The largest absolute Gasteiger partial charge is 0.461 e. The maximum Gasteiger partial charge on any atom is 0.298 e. The van der Waals surface area contributed by atoms with E-state index in [0.717, 1.165) is 25.9 Å². The van der Waals surface area contributed by atoms with Crippen LogP contribution in [0.1, 0.15) is 37.2 Å². The normalized spacial score (nSPS) is 24.3. The second kappa shape index (κ2) is 6.71. The summed E-state index contributed by atoms with van der Waals surface area (Å²) in [4.78, 5) is 28.9. The highest BCUT2D eigenvalue weighted by molar-refractivity contribution is 6.41. The molecule has 2 bridgehead atoms. The van der Waals surface area contributed by atoms with Crippen LogP contribution in [0.3, 0.4) is 0 Å². The van der Waals surface area contributed by atoms with Crippen LogP contribution < -0.4 is 0 Å². The van der Waals surface area contributed by atoms with Crippen molar-refractivity contribution in [2.75, 3.05) is 26.2 Å². The van der Waals surface area contributed by atoms with Gasteiger partial charge in [0.25, 0.3) is 11.7 Å². The average molecular weight is 316 g/mol. The molecule has 1 aromatic heterocycles. The van der Waals surface area contributed by atoms with Gasteiger partial charge in [-0.2, -0.15) is 0 Å². The molecule has 0 spiro atoms. The Kier molecular flexibility index (Phi) is 4.66. The van der Waals surface area contributed by atoms with Gasteiger partial charge in [-0.25, -0.2) is 0 Å². The van der Waals surface area contributed by atoms with E-state index in [0.29, 0.717) is 25.0 Å². The summed E-state index contributed by atoms with van der Waals surface area (Å²) in [6.07, 6.45) is 5.89. The second-order valence-electron chi connectivity index (χ2n) is 6.85. The summed E-state index contributed by atoms with van der Waals surface area (Å²) in [5.41, 5.74) is 1.31. The molecule has 4 heterocycles. The molecule has 0 unspecified atom stereocenters. The molecule has 5 heteroatoms. The van der Waals surface area contributed by atoms with E-state index in [9.17, 15) is 9.59 Å². The minimum Gasteiger partial charge on any atom is -0.461 e. The summed E-state index contributed by atoms with van der Waals surface area (Å²) in [5.74, 6) is -0.381. The van der Waals surface area contributed by atoms with Crippen molar-refractivity contribution in [1.82, 2.24) is 9.80 Å². The number of piperidine rings is 1. The summed E-state index contributed by atoms with van der Waals surface area (Å²) in [5, 5.41) is 0. The van der Waals surface area contributed by atoms with Crippen LogP contribution >= 0.6 is 0 Å². The molecule has 0 aromatic carbocycles. The topological polar surface area (TPSA) is 53.8 Å². The SMILES string of the molecule is CC(C)=CCN1C[C@H]2CC[C@@H]1CN(C(=O)C(=O)c1ccco1)C2. The summed E-state index contributed by atoms with van der Waals surface area (Å²) >= 11 is 0. The molecule has 0 radical (unpaired) electrons. The first-order chi connectivity index (χ1) is 11.0. The molecule has 1 amide bonds. The van der Waals surface area contributed by atoms with E-state index in [4.69, 9.17) is 4.42 Å². The Hall–Kier alpha value is -1.88. The molecule has 0 aliphatic carbocycles. The summed E-state index contributed by atoms with van der Waals surface area (Å²) < 4.78 is 5.08. The number of carbonyl (C=O) groups excluding carboxylic acids is 2. The van der Waals surface area contributed by atoms with E-state index in [2.05, 4.69) is 24.8 Å². The van der Waals surface area contributed by atoms with Crippen LogP contribution in [0.5, 0.6) is 0 Å². The van der Waals surface area contributed by atoms with Gasteiger partial charge < -0.3 is 9.32 Å². The first-order valence-corrected chi connectivity index (χ1v) is 8.29. The maximum absolute atomic E-state index is 12.5. The molecule has 3 saturated heterocycles. The van der Waals surface area contributed by atoms with Gasteiger partial charge in [-0.05, 0) is 44.7 Å². The fourth-order valence-electron chi connectivity index (χ4n) is 3.53. The van der Waals surface area contributed by atoms with Crippen molar-refractivity contribution in [2.45, 2.75) is 32.7 Å². The quantitative estimate of drug-likeness (QED) is 0.486. The number of nitrogens with zero attached hydrogens (tertiary/aromatic N) is 2. The molecule has 3 aliphatic rings. The first kappa shape index (κ1) is 16.0. The van der Waals surface area contributed by atoms with Crippen LogP contribution in [0.2, 0.25) is 0 Å². The Morgan fingerprint density at radius 1 is 1.26 bits per heavy atom. The monoisotopic (exact) mass is 316 g/mol. The van der Waals surface area contributed by atoms with Crippen molar-refractivity contribution >= 4 is 11.7 Å². The van der Waals surface area contributed by atoms with Gasteiger partial charge >= 0.3 is 0 Å². The molecule has 4 rings (SSSR count). The average Bonchev–Trinajstić information content (AvgIpc) is 2.92. The number of furan rings is 1. The Bertz CT molecular complexity index is 602. The van der Waals surface area contributed by atoms with Crippen LogP contribution in [-0.4, -0.2) is 53.7 Å². The number of rotatable bonds is 4. The molecule has 5 nitrogen and oxygen atoms in total. The highest BCUT2D eigenvalue weighted by Crippen LogP contribution is 2.28. The lowest BCUT2D eigenvalue weighted by molar-refractivity contribution is -0.126. The molecule has 3 aliphatic heterocycles. The van der Waals surface area contributed by atoms with E-state index in [-0.39, 0.29) is 5.76 Å². The summed E-state index contributed by atoms with van der Waals surface area (Å²) in [6, 6.07) is 3.53. The minimum absolute atomic E-state index is 0.132. The molecule has 3 fully saturated rings. The Morgan fingerprint density at radius 2 is 2.09 bits per heavy atom. The zero-order valence-corrected chi connectivity index (χ0v) is 13.8. The van der Waals surface area contributed by atoms with Gasteiger partial charge in [-0.1, -0.05) is 11.6 Å². The van der Waals surface area contributed by atoms with Gasteiger partial charge in [0.15, 0.2) is 5.76 Å². The standard InChI is InChI=1S/C18H24N2O3/c1-13(2)7-8-19-10-14-5-6-15(19)12-20(11-14)18(22)17(21)16-4-3-9-23-16/h3-4,7,9,14-15H,5-6,8,10-12H2,1-2H3/t14-,15-/m1/s1. The lowest BCUT2D eigenvalue weighted by Gasteiger charge is -2.35. The van der Waals surface area contributed by atoms with Crippen molar-refractivity contribution in [1.29, 1.82) is 0 Å². The second-order valence-corrected chi connectivity index (χ2v) is 6.85. The van der Waals surface area contributed by atoms with Gasteiger partial charge in [0, 0.05) is 32.2 Å². The predicted molar refractivity (Wildman–Crippen MR) is 87.1 cm³/mol. The number of fused-ring (bicyclic) bond motifs is 4. The molecular weight excluding hydrogens is 292 g/mol. The first-order valence-electron chi connectivity index (χ1n) is 8.29. The van der Waals surface area contributed by atoms with E-state index in [1.54, 1.807) is 17.0 Å². The molecule has 23 heavy (non-hydrogen) atoms. The fraction of sp³-hybridized carbons (Fsp3) is 0.556. The number of ketones is 1. The third-order valence-corrected chi connectivity index (χ3v) is 4.79. The molecule has 2 atom stereocenters. The van der Waals surface area contributed by atoms with Crippen molar-refractivity contribution in [3.8, 4) is 0 Å². The van der Waals surface area contributed by atoms with Crippen LogP contribution in [0, 0.1) is 5.92 Å². The lowest BCUT2D eigenvalue weighted by atomic mass is 9.95.